The van der Waals surface area contributed by atoms with Crippen molar-refractivity contribution in [1.82, 2.24) is 0 Å². The predicted molar refractivity (Wildman–Crippen MR) is 143 cm³/mol. The topological polar surface area (TPSA) is 151 Å². The summed E-state index contributed by atoms with van der Waals surface area (Å²) in [6, 6.07) is 0. The van der Waals surface area contributed by atoms with Gasteiger partial charge in [0.15, 0.2) is 0 Å². The van der Waals surface area contributed by atoms with Crippen molar-refractivity contribution in [3.8, 4) is 0 Å². The van der Waals surface area contributed by atoms with E-state index < -0.39 is 36.7 Å². The van der Waals surface area contributed by atoms with Gasteiger partial charge in [-0.1, -0.05) is 96.8 Å². The van der Waals surface area contributed by atoms with Crippen LogP contribution in [0.4, 0.5) is 0 Å². The highest BCUT2D eigenvalue weighted by molar-refractivity contribution is 5.96. The van der Waals surface area contributed by atoms with Gasteiger partial charge in [0.2, 0.25) is 0 Å². The van der Waals surface area contributed by atoms with Crippen LogP contribution in [0, 0.1) is 0 Å². The number of ether oxygens (including phenoxy) is 2. The second-order valence-electron chi connectivity index (χ2n) is 9.32. The summed E-state index contributed by atoms with van der Waals surface area (Å²) in [5, 5.41) is 33.6. The molecule has 2 unspecified atom stereocenters. The third-order valence-corrected chi connectivity index (χ3v) is 5.45. The van der Waals surface area contributed by atoms with Gasteiger partial charge >= 0.3 is 17.9 Å². The summed E-state index contributed by atoms with van der Waals surface area (Å²) in [6.07, 6.45) is 18.6. The molecular weight excluding hydrogens is 480 g/mol. The van der Waals surface area contributed by atoms with E-state index in [1.165, 1.54) is 84.0 Å². The molecule has 9 nitrogen and oxygen atoms in total. The molecule has 0 aromatic rings. The third kappa shape index (κ3) is 32.2. The van der Waals surface area contributed by atoms with Crippen molar-refractivity contribution in [2.75, 3.05) is 19.8 Å². The van der Waals surface area contributed by atoms with Crippen LogP contribution in [0.15, 0.2) is 12.2 Å². The van der Waals surface area contributed by atoms with Crippen molar-refractivity contribution < 1.29 is 44.3 Å². The van der Waals surface area contributed by atoms with Gasteiger partial charge in [-0.05, 0) is 13.3 Å². The highest BCUT2D eigenvalue weighted by Crippen LogP contribution is 2.13. The maximum atomic E-state index is 11.6. The predicted octanol–water partition coefficient (Wildman–Crippen LogP) is 4.13. The highest BCUT2D eigenvalue weighted by atomic mass is 16.6. The SMILES string of the molecule is CC(O)CO.CCCCCCCCCCCCCCCCCC(=O)OC(=O)/C=C\C(=O)OCC(O)CO. The van der Waals surface area contributed by atoms with Gasteiger partial charge in [0.25, 0.3) is 0 Å². The van der Waals surface area contributed by atoms with E-state index in [1.54, 1.807) is 0 Å². The Labute approximate surface area is 223 Å². The number of aliphatic hydroxyl groups is 4. The van der Waals surface area contributed by atoms with Crippen LogP contribution in [0.1, 0.15) is 117 Å². The maximum absolute atomic E-state index is 11.6. The van der Waals surface area contributed by atoms with Crippen LogP contribution in [0.2, 0.25) is 0 Å². The molecule has 37 heavy (non-hydrogen) atoms. The summed E-state index contributed by atoms with van der Waals surface area (Å²) in [5.41, 5.74) is 0. The number of rotatable bonds is 22. The zero-order valence-electron chi connectivity index (χ0n) is 23.1. The molecule has 0 fully saturated rings. The van der Waals surface area contributed by atoms with Crippen molar-refractivity contribution in [2.45, 2.75) is 129 Å². The van der Waals surface area contributed by atoms with E-state index in [1.807, 2.05) is 0 Å². The Morgan fingerprint density at radius 3 is 1.49 bits per heavy atom. The molecule has 0 spiro atoms. The lowest BCUT2D eigenvalue weighted by atomic mass is 10.0. The zero-order chi connectivity index (χ0) is 28.2. The van der Waals surface area contributed by atoms with Crippen LogP contribution in [0.3, 0.4) is 0 Å². The Hall–Kier alpha value is -1.81. The lowest BCUT2D eigenvalue weighted by Gasteiger charge is -2.06. The standard InChI is InChI=1S/C25H44O7.C3H8O2/c1-2-3-4-5-6-7-8-9-10-11-12-13-14-15-16-17-24(29)32-25(30)19-18-23(28)31-21-22(27)20-26;1-3(5)2-4/h18-19,22,26-27H,2-17,20-21H2,1H3;3-5H,2H2,1H3/b19-18-;. The van der Waals surface area contributed by atoms with E-state index in [-0.39, 0.29) is 19.6 Å². The molecular formula is C28H52O9. The summed E-state index contributed by atoms with van der Waals surface area (Å²) in [6.45, 7) is 2.72. The van der Waals surface area contributed by atoms with Gasteiger partial charge in [-0.3, -0.25) is 4.79 Å². The molecule has 0 heterocycles. The second kappa shape index (κ2) is 28.8. The number of hydrogen-bond donors (Lipinski definition) is 4. The quantitative estimate of drug-likeness (QED) is 0.0698. The molecule has 0 aliphatic heterocycles. The number of esters is 3. The molecule has 0 aliphatic rings. The Morgan fingerprint density at radius 1 is 0.676 bits per heavy atom. The molecule has 0 rings (SSSR count). The van der Waals surface area contributed by atoms with Crippen LogP contribution in [-0.2, 0) is 23.9 Å². The first-order valence-electron chi connectivity index (χ1n) is 13.9. The molecule has 0 aliphatic carbocycles. The van der Waals surface area contributed by atoms with Crippen molar-refractivity contribution in [3.05, 3.63) is 12.2 Å². The molecule has 218 valence electrons. The average Bonchev–Trinajstić information content (AvgIpc) is 2.88. The van der Waals surface area contributed by atoms with E-state index in [0.29, 0.717) is 6.42 Å². The van der Waals surface area contributed by atoms with Crippen LogP contribution in [-0.4, -0.2) is 70.4 Å². The fraction of sp³-hybridized carbons (Fsp3) is 0.821. The molecule has 0 saturated carbocycles. The van der Waals surface area contributed by atoms with E-state index >= 15 is 0 Å². The largest absolute Gasteiger partial charge is 0.460 e. The molecule has 9 heteroatoms. The van der Waals surface area contributed by atoms with Crippen molar-refractivity contribution in [3.63, 3.8) is 0 Å². The second-order valence-corrected chi connectivity index (χ2v) is 9.32. The average molecular weight is 533 g/mol. The Bertz CT molecular complexity index is 576. The molecule has 4 N–H and O–H groups in total. The number of hydrogen-bond acceptors (Lipinski definition) is 9. The smallest absolute Gasteiger partial charge is 0.338 e. The first kappa shape index (κ1) is 37.3. The molecule has 2 atom stereocenters. The fourth-order valence-corrected chi connectivity index (χ4v) is 3.25. The lowest BCUT2D eigenvalue weighted by Crippen LogP contribution is -2.21. The minimum atomic E-state index is -1.17. The van der Waals surface area contributed by atoms with Crippen LogP contribution in [0.5, 0.6) is 0 Å². The van der Waals surface area contributed by atoms with E-state index in [9.17, 15) is 14.4 Å². The van der Waals surface area contributed by atoms with Gasteiger partial charge in [-0.15, -0.1) is 0 Å². The van der Waals surface area contributed by atoms with Crippen LogP contribution < -0.4 is 0 Å². The summed E-state index contributed by atoms with van der Waals surface area (Å²) in [5.74, 6) is -2.42. The maximum Gasteiger partial charge on any atom is 0.338 e. The zero-order valence-corrected chi connectivity index (χ0v) is 23.1. The molecule has 0 aromatic carbocycles. The van der Waals surface area contributed by atoms with E-state index in [2.05, 4.69) is 16.4 Å². The molecule has 0 amide bonds. The van der Waals surface area contributed by atoms with E-state index in [0.717, 1.165) is 25.0 Å². The molecule has 0 radical (unpaired) electrons. The van der Waals surface area contributed by atoms with Gasteiger partial charge < -0.3 is 29.9 Å². The first-order valence-corrected chi connectivity index (χ1v) is 13.9. The number of carbonyl (C=O) groups excluding carboxylic acids is 3. The molecule has 0 saturated heterocycles. The third-order valence-electron chi connectivity index (χ3n) is 5.45. The minimum absolute atomic E-state index is 0.139. The minimum Gasteiger partial charge on any atom is -0.460 e. The first-order chi connectivity index (χ1) is 17.8. The normalized spacial score (nSPS) is 12.5. The van der Waals surface area contributed by atoms with Gasteiger partial charge in [0.1, 0.15) is 12.7 Å². The van der Waals surface area contributed by atoms with Crippen molar-refractivity contribution >= 4 is 17.9 Å². The van der Waals surface area contributed by atoms with Gasteiger partial charge in [0.05, 0.1) is 19.3 Å². The van der Waals surface area contributed by atoms with Gasteiger partial charge in [-0.25, -0.2) is 9.59 Å². The summed E-state index contributed by atoms with van der Waals surface area (Å²) >= 11 is 0. The van der Waals surface area contributed by atoms with Crippen molar-refractivity contribution in [2.24, 2.45) is 0 Å². The van der Waals surface area contributed by atoms with Crippen LogP contribution >= 0.6 is 0 Å². The van der Waals surface area contributed by atoms with E-state index in [4.69, 9.17) is 20.4 Å². The summed E-state index contributed by atoms with van der Waals surface area (Å²) in [4.78, 5) is 34.4. The highest BCUT2D eigenvalue weighted by Gasteiger charge is 2.09. The number of aliphatic hydroxyl groups excluding tert-OH is 4. The van der Waals surface area contributed by atoms with Gasteiger partial charge in [0, 0.05) is 18.6 Å². The number of carbonyl (C=O) groups is 3. The van der Waals surface area contributed by atoms with Gasteiger partial charge in [-0.2, -0.15) is 0 Å². The van der Waals surface area contributed by atoms with Crippen LogP contribution in [0.25, 0.3) is 0 Å². The Balaban J connectivity index is 0. The molecule has 0 aromatic heterocycles. The number of unbranched alkanes of at least 4 members (excludes halogenated alkanes) is 14. The monoisotopic (exact) mass is 532 g/mol. The molecule has 0 bridgehead atoms. The fourth-order valence-electron chi connectivity index (χ4n) is 3.25. The Kier molecular flexibility index (Phi) is 29.0. The van der Waals surface area contributed by atoms with Crippen molar-refractivity contribution in [1.29, 1.82) is 0 Å². The Morgan fingerprint density at radius 2 is 1.08 bits per heavy atom. The summed E-state index contributed by atoms with van der Waals surface area (Å²) < 4.78 is 9.19. The summed E-state index contributed by atoms with van der Waals surface area (Å²) in [7, 11) is 0. The lowest BCUT2D eigenvalue weighted by molar-refractivity contribution is -0.156.